The van der Waals surface area contributed by atoms with Gasteiger partial charge in [-0.25, -0.2) is 4.98 Å². The first-order valence-electron chi connectivity index (χ1n) is 6.71. The van der Waals surface area contributed by atoms with Gasteiger partial charge in [0.05, 0.1) is 29.5 Å². The molecule has 1 aliphatic heterocycles. The SMILES string of the molecule is Nc1cc2c(=O)[nH]cnc2cc1OCC1CCOCC1. The molecule has 0 aliphatic carbocycles. The Morgan fingerprint density at radius 3 is 3.00 bits per heavy atom. The second-order valence-electron chi connectivity index (χ2n) is 5.01. The van der Waals surface area contributed by atoms with Crippen LogP contribution in [0.3, 0.4) is 0 Å². The summed E-state index contributed by atoms with van der Waals surface area (Å²) in [6.45, 7) is 2.19. The lowest BCUT2D eigenvalue weighted by Crippen LogP contribution is -2.21. The van der Waals surface area contributed by atoms with Crippen LogP contribution in [0.15, 0.2) is 23.3 Å². The highest BCUT2D eigenvalue weighted by Crippen LogP contribution is 2.26. The first-order chi connectivity index (χ1) is 9.74. The second-order valence-corrected chi connectivity index (χ2v) is 5.01. The second kappa shape index (κ2) is 5.50. The quantitative estimate of drug-likeness (QED) is 0.824. The van der Waals surface area contributed by atoms with E-state index in [0.29, 0.717) is 34.9 Å². The monoisotopic (exact) mass is 275 g/mol. The average molecular weight is 275 g/mol. The molecule has 20 heavy (non-hydrogen) atoms. The van der Waals surface area contributed by atoms with Gasteiger partial charge in [0.25, 0.3) is 5.56 Å². The van der Waals surface area contributed by atoms with Crippen LogP contribution in [0.4, 0.5) is 5.69 Å². The minimum Gasteiger partial charge on any atom is -0.491 e. The molecule has 1 fully saturated rings. The van der Waals surface area contributed by atoms with Gasteiger partial charge in [-0.15, -0.1) is 0 Å². The molecule has 2 heterocycles. The fourth-order valence-corrected chi connectivity index (χ4v) is 2.36. The van der Waals surface area contributed by atoms with Gasteiger partial charge < -0.3 is 20.2 Å². The number of nitrogens with two attached hydrogens (primary N) is 1. The molecular formula is C14H17N3O3. The highest BCUT2D eigenvalue weighted by molar-refractivity contribution is 5.84. The van der Waals surface area contributed by atoms with E-state index in [9.17, 15) is 4.79 Å². The highest BCUT2D eigenvalue weighted by Gasteiger charge is 2.15. The Balaban J connectivity index is 1.80. The van der Waals surface area contributed by atoms with Crippen LogP contribution >= 0.6 is 0 Å². The van der Waals surface area contributed by atoms with Crippen LogP contribution in [0.2, 0.25) is 0 Å². The number of aromatic amines is 1. The summed E-state index contributed by atoms with van der Waals surface area (Å²) >= 11 is 0. The summed E-state index contributed by atoms with van der Waals surface area (Å²) in [7, 11) is 0. The maximum Gasteiger partial charge on any atom is 0.258 e. The van der Waals surface area contributed by atoms with Crippen molar-refractivity contribution in [2.24, 2.45) is 5.92 Å². The Kier molecular flexibility index (Phi) is 3.56. The van der Waals surface area contributed by atoms with Crippen molar-refractivity contribution in [3.05, 3.63) is 28.8 Å². The number of aromatic nitrogens is 2. The predicted octanol–water partition coefficient (Wildman–Crippen LogP) is 1.31. The number of rotatable bonds is 3. The van der Waals surface area contributed by atoms with E-state index in [2.05, 4.69) is 9.97 Å². The van der Waals surface area contributed by atoms with Crippen LogP contribution in [0, 0.1) is 5.92 Å². The van der Waals surface area contributed by atoms with E-state index < -0.39 is 0 Å². The molecule has 6 heteroatoms. The van der Waals surface area contributed by atoms with Crippen molar-refractivity contribution < 1.29 is 9.47 Å². The average Bonchev–Trinajstić information content (AvgIpc) is 2.47. The molecule has 1 saturated heterocycles. The Labute approximate surface area is 115 Å². The molecule has 0 saturated carbocycles. The van der Waals surface area contributed by atoms with E-state index in [1.165, 1.54) is 6.33 Å². The summed E-state index contributed by atoms with van der Waals surface area (Å²) in [5.41, 5.74) is 6.79. The predicted molar refractivity (Wildman–Crippen MR) is 75.8 cm³/mol. The maximum atomic E-state index is 11.6. The molecule has 1 aromatic carbocycles. The van der Waals surface area contributed by atoms with Gasteiger partial charge in [0, 0.05) is 19.3 Å². The molecule has 2 aromatic rings. The third kappa shape index (κ3) is 2.60. The van der Waals surface area contributed by atoms with Crippen LogP contribution in [0.1, 0.15) is 12.8 Å². The van der Waals surface area contributed by atoms with E-state index >= 15 is 0 Å². The Morgan fingerprint density at radius 1 is 1.40 bits per heavy atom. The molecule has 1 aliphatic rings. The molecule has 3 rings (SSSR count). The lowest BCUT2D eigenvalue weighted by atomic mass is 10.0. The maximum absolute atomic E-state index is 11.6. The summed E-state index contributed by atoms with van der Waals surface area (Å²) in [4.78, 5) is 18.3. The number of hydrogen-bond donors (Lipinski definition) is 2. The number of nitrogen functional groups attached to an aromatic ring is 1. The van der Waals surface area contributed by atoms with Crippen molar-refractivity contribution in [1.29, 1.82) is 0 Å². The summed E-state index contributed by atoms with van der Waals surface area (Å²) in [6, 6.07) is 3.33. The molecule has 106 valence electrons. The third-order valence-electron chi connectivity index (χ3n) is 3.59. The van der Waals surface area contributed by atoms with Gasteiger partial charge >= 0.3 is 0 Å². The molecule has 6 nitrogen and oxygen atoms in total. The third-order valence-corrected chi connectivity index (χ3v) is 3.59. The minimum atomic E-state index is -0.197. The van der Waals surface area contributed by atoms with E-state index in [1.807, 2.05) is 0 Å². The molecule has 0 atom stereocenters. The van der Waals surface area contributed by atoms with Gasteiger partial charge in [-0.2, -0.15) is 0 Å². The number of nitrogens with one attached hydrogen (secondary N) is 1. The summed E-state index contributed by atoms with van der Waals surface area (Å²) in [6.07, 6.45) is 3.39. The Morgan fingerprint density at radius 2 is 2.20 bits per heavy atom. The van der Waals surface area contributed by atoms with Gasteiger partial charge in [0.1, 0.15) is 5.75 Å². The first-order valence-corrected chi connectivity index (χ1v) is 6.71. The fraction of sp³-hybridized carbons (Fsp3) is 0.429. The van der Waals surface area contributed by atoms with Crippen molar-refractivity contribution in [2.45, 2.75) is 12.8 Å². The Hall–Kier alpha value is -2.08. The number of hydrogen-bond acceptors (Lipinski definition) is 5. The van der Waals surface area contributed by atoms with Crippen LogP contribution in [0.25, 0.3) is 10.9 Å². The summed E-state index contributed by atoms with van der Waals surface area (Å²) in [5.74, 6) is 1.08. The van der Waals surface area contributed by atoms with Crippen molar-refractivity contribution in [3.8, 4) is 5.75 Å². The van der Waals surface area contributed by atoms with Crippen molar-refractivity contribution in [1.82, 2.24) is 9.97 Å². The number of ether oxygens (including phenoxy) is 2. The Bertz CT molecular complexity index is 662. The molecule has 0 bridgehead atoms. The minimum absolute atomic E-state index is 0.197. The standard InChI is InChI=1S/C14H17N3O3/c15-11-5-10-12(16-8-17-14(10)18)6-13(11)20-7-9-1-3-19-4-2-9/h5-6,8-9H,1-4,7,15H2,(H,16,17,18). The van der Waals surface area contributed by atoms with E-state index in [0.717, 1.165) is 26.1 Å². The van der Waals surface area contributed by atoms with E-state index in [-0.39, 0.29) is 5.56 Å². The zero-order chi connectivity index (χ0) is 13.9. The first kappa shape index (κ1) is 12.9. The normalized spacial score (nSPS) is 16.4. The molecule has 0 amide bonds. The molecule has 1 aromatic heterocycles. The van der Waals surface area contributed by atoms with Gasteiger partial charge in [-0.05, 0) is 24.8 Å². The van der Waals surface area contributed by atoms with Crippen LogP contribution < -0.4 is 16.0 Å². The number of fused-ring (bicyclic) bond motifs is 1. The summed E-state index contributed by atoms with van der Waals surface area (Å²) in [5, 5.41) is 0.475. The fourth-order valence-electron chi connectivity index (χ4n) is 2.36. The zero-order valence-corrected chi connectivity index (χ0v) is 11.1. The highest BCUT2D eigenvalue weighted by atomic mass is 16.5. The summed E-state index contributed by atoms with van der Waals surface area (Å²) < 4.78 is 11.1. The molecule has 3 N–H and O–H groups in total. The number of nitrogens with zero attached hydrogens (tertiary/aromatic N) is 1. The zero-order valence-electron chi connectivity index (χ0n) is 11.1. The lowest BCUT2D eigenvalue weighted by Gasteiger charge is -2.22. The van der Waals surface area contributed by atoms with E-state index in [4.69, 9.17) is 15.2 Å². The molecule has 0 radical (unpaired) electrons. The van der Waals surface area contributed by atoms with Gasteiger partial charge in [-0.1, -0.05) is 0 Å². The van der Waals surface area contributed by atoms with Gasteiger partial charge in [0.15, 0.2) is 0 Å². The van der Waals surface area contributed by atoms with Gasteiger partial charge in [-0.3, -0.25) is 4.79 Å². The molecular weight excluding hydrogens is 258 g/mol. The van der Waals surface area contributed by atoms with Crippen molar-refractivity contribution >= 4 is 16.6 Å². The number of benzene rings is 1. The lowest BCUT2D eigenvalue weighted by molar-refractivity contribution is 0.0499. The number of H-pyrrole nitrogens is 1. The largest absolute Gasteiger partial charge is 0.491 e. The molecule has 0 unspecified atom stereocenters. The molecule has 0 spiro atoms. The number of anilines is 1. The topological polar surface area (TPSA) is 90.2 Å². The smallest absolute Gasteiger partial charge is 0.258 e. The van der Waals surface area contributed by atoms with Crippen molar-refractivity contribution in [3.63, 3.8) is 0 Å². The van der Waals surface area contributed by atoms with Crippen LogP contribution in [-0.2, 0) is 4.74 Å². The van der Waals surface area contributed by atoms with Gasteiger partial charge in [0.2, 0.25) is 0 Å². The van der Waals surface area contributed by atoms with Crippen molar-refractivity contribution in [2.75, 3.05) is 25.6 Å². The van der Waals surface area contributed by atoms with Crippen LogP contribution in [-0.4, -0.2) is 29.8 Å². The van der Waals surface area contributed by atoms with Crippen LogP contribution in [0.5, 0.6) is 5.75 Å². The van der Waals surface area contributed by atoms with E-state index in [1.54, 1.807) is 12.1 Å².